The molecule has 0 aliphatic rings. The van der Waals surface area contributed by atoms with E-state index in [-0.39, 0.29) is 5.56 Å². The van der Waals surface area contributed by atoms with Gasteiger partial charge in [-0.15, -0.1) is 0 Å². The van der Waals surface area contributed by atoms with E-state index in [1.807, 2.05) is 0 Å². The molecule has 0 radical (unpaired) electrons. The number of benzene rings is 1. The van der Waals surface area contributed by atoms with Crippen molar-refractivity contribution in [2.45, 2.75) is 3.67 Å². The summed E-state index contributed by atoms with van der Waals surface area (Å²) >= 11 is 10.9. The summed E-state index contributed by atoms with van der Waals surface area (Å²) in [5, 5.41) is 0. The monoisotopic (exact) mass is 284 g/mol. The fraction of sp³-hybridized carbons (Fsp3) is 0.222. The highest BCUT2D eigenvalue weighted by Gasteiger charge is 2.44. The van der Waals surface area contributed by atoms with Crippen molar-refractivity contribution in [2.75, 3.05) is 6.26 Å². The first-order valence-electron chi connectivity index (χ1n) is 4.04. The van der Waals surface area contributed by atoms with Crippen molar-refractivity contribution in [3.8, 4) is 0 Å². The maximum absolute atomic E-state index is 12.6. The van der Waals surface area contributed by atoms with Gasteiger partial charge >= 0.3 is 0 Å². The Morgan fingerprint density at radius 3 is 2.06 bits per heavy atom. The maximum atomic E-state index is 12.6. The standard InChI is InChI=1S/C9H7Cl2FO3S/c1-16(14,15)9(10,11)8(13)6-2-4-7(12)5-3-6/h2-5H,1H3. The Morgan fingerprint density at radius 2 is 1.69 bits per heavy atom. The molecule has 0 N–H and O–H groups in total. The molecular formula is C9H7Cl2FO3S. The van der Waals surface area contributed by atoms with Crippen molar-refractivity contribution in [3.63, 3.8) is 0 Å². The van der Waals surface area contributed by atoms with Crippen molar-refractivity contribution >= 4 is 38.8 Å². The van der Waals surface area contributed by atoms with Crippen molar-refractivity contribution in [2.24, 2.45) is 0 Å². The van der Waals surface area contributed by atoms with E-state index < -0.39 is 25.1 Å². The molecule has 3 nitrogen and oxygen atoms in total. The van der Waals surface area contributed by atoms with E-state index in [1.54, 1.807) is 0 Å². The van der Waals surface area contributed by atoms with Crippen LogP contribution in [0.5, 0.6) is 0 Å². The molecule has 1 aromatic rings. The lowest BCUT2D eigenvalue weighted by molar-refractivity contribution is 0.0996. The molecule has 0 aliphatic carbocycles. The molecule has 0 unspecified atom stereocenters. The third kappa shape index (κ3) is 2.53. The molecule has 0 spiro atoms. The number of carbonyl (C=O) groups excluding carboxylic acids is 1. The highest BCUT2D eigenvalue weighted by Crippen LogP contribution is 2.31. The van der Waals surface area contributed by atoms with Gasteiger partial charge in [-0.25, -0.2) is 12.8 Å². The molecule has 0 saturated heterocycles. The summed E-state index contributed by atoms with van der Waals surface area (Å²) in [6, 6.07) is 4.25. The molecule has 0 aliphatic heterocycles. The minimum atomic E-state index is -3.97. The number of alkyl halides is 2. The molecule has 0 saturated carbocycles. The van der Waals surface area contributed by atoms with Gasteiger partial charge in [-0.2, -0.15) is 0 Å². The highest BCUT2D eigenvalue weighted by molar-refractivity contribution is 7.95. The quantitative estimate of drug-likeness (QED) is 0.632. The van der Waals surface area contributed by atoms with Gasteiger partial charge in [0.05, 0.1) is 0 Å². The molecule has 0 fully saturated rings. The molecule has 0 heterocycles. The first kappa shape index (κ1) is 13.4. The van der Waals surface area contributed by atoms with Crippen LogP contribution in [0.1, 0.15) is 10.4 Å². The van der Waals surface area contributed by atoms with Gasteiger partial charge in [0.25, 0.3) is 3.67 Å². The van der Waals surface area contributed by atoms with Crippen LogP contribution in [0.25, 0.3) is 0 Å². The second kappa shape index (κ2) is 4.31. The first-order valence-corrected chi connectivity index (χ1v) is 6.69. The molecule has 0 aromatic heterocycles. The van der Waals surface area contributed by atoms with Crippen LogP contribution >= 0.6 is 23.2 Å². The number of hydrogen-bond acceptors (Lipinski definition) is 3. The normalized spacial score (nSPS) is 12.5. The van der Waals surface area contributed by atoms with Crippen LogP contribution in [0, 0.1) is 5.82 Å². The Labute approximate surface area is 102 Å². The number of sulfone groups is 1. The number of hydrogen-bond donors (Lipinski definition) is 0. The van der Waals surface area contributed by atoms with E-state index in [9.17, 15) is 17.6 Å². The first-order chi connectivity index (χ1) is 7.16. The largest absolute Gasteiger partial charge is 0.290 e. The van der Waals surface area contributed by atoms with Crippen molar-refractivity contribution in [1.82, 2.24) is 0 Å². The Hall–Kier alpha value is -0.650. The van der Waals surface area contributed by atoms with Gasteiger partial charge in [0.15, 0.2) is 9.84 Å². The fourth-order valence-electron chi connectivity index (χ4n) is 0.938. The second-order valence-corrected chi connectivity index (χ2v) is 7.06. The fourth-order valence-corrected chi connectivity index (χ4v) is 1.61. The molecule has 1 aromatic carbocycles. The summed E-state index contributed by atoms with van der Waals surface area (Å²) < 4.78 is 32.4. The van der Waals surface area contributed by atoms with Gasteiger partial charge in [-0.3, -0.25) is 4.79 Å². The van der Waals surface area contributed by atoms with Gasteiger partial charge in [-0.1, -0.05) is 23.2 Å². The minimum Gasteiger partial charge on any atom is -0.290 e. The number of rotatable bonds is 3. The summed E-state index contributed by atoms with van der Waals surface area (Å²) in [5.41, 5.74) is -0.0724. The third-order valence-electron chi connectivity index (χ3n) is 1.84. The molecule has 0 bridgehead atoms. The lowest BCUT2D eigenvalue weighted by Crippen LogP contribution is -2.34. The predicted molar refractivity (Wildman–Crippen MR) is 60.0 cm³/mol. The highest BCUT2D eigenvalue weighted by atomic mass is 35.5. The Morgan fingerprint density at radius 1 is 1.25 bits per heavy atom. The Kier molecular flexibility index (Phi) is 3.62. The van der Waals surface area contributed by atoms with Crippen LogP contribution in [0.4, 0.5) is 4.39 Å². The van der Waals surface area contributed by atoms with E-state index in [2.05, 4.69) is 0 Å². The zero-order valence-electron chi connectivity index (χ0n) is 8.08. The van der Waals surface area contributed by atoms with Crippen LogP contribution in [-0.4, -0.2) is 24.1 Å². The molecule has 0 atom stereocenters. The maximum Gasteiger partial charge on any atom is 0.280 e. The zero-order valence-corrected chi connectivity index (χ0v) is 10.4. The minimum absolute atomic E-state index is 0.0724. The smallest absolute Gasteiger partial charge is 0.280 e. The van der Waals surface area contributed by atoms with Crippen LogP contribution < -0.4 is 0 Å². The Bertz CT molecular complexity index is 508. The summed E-state index contributed by atoms with van der Waals surface area (Å²) in [4.78, 5) is 11.7. The third-order valence-corrected chi connectivity index (χ3v) is 4.98. The molecule has 1 rings (SSSR count). The van der Waals surface area contributed by atoms with Gasteiger partial charge in [0.1, 0.15) is 5.82 Å². The van der Waals surface area contributed by atoms with E-state index in [0.717, 1.165) is 30.5 Å². The number of Topliss-reactive ketones (excluding diaryl/α,β-unsaturated/α-hetero) is 1. The molecule has 88 valence electrons. The molecular weight excluding hydrogens is 278 g/mol. The topological polar surface area (TPSA) is 51.2 Å². The van der Waals surface area contributed by atoms with E-state index in [0.29, 0.717) is 0 Å². The van der Waals surface area contributed by atoms with Crippen LogP contribution in [0.2, 0.25) is 0 Å². The zero-order chi connectivity index (χ0) is 12.6. The van der Waals surface area contributed by atoms with E-state index in [1.165, 1.54) is 0 Å². The summed E-state index contributed by atoms with van der Waals surface area (Å²) in [6.07, 6.45) is 0.744. The van der Waals surface area contributed by atoms with Crippen LogP contribution in [0.3, 0.4) is 0 Å². The summed E-state index contributed by atoms with van der Waals surface area (Å²) in [7, 11) is -3.97. The van der Waals surface area contributed by atoms with Gasteiger partial charge in [-0.05, 0) is 24.3 Å². The van der Waals surface area contributed by atoms with E-state index in [4.69, 9.17) is 23.2 Å². The number of ketones is 1. The average molecular weight is 285 g/mol. The van der Waals surface area contributed by atoms with E-state index >= 15 is 0 Å². The predicted octanol–water partition coefficient (Wildman–Crippen LogP) is 2.18. The van der Waals surface area contributed by atoms with Gasteiger partial charge < -0.3 is 0 Å². The summed E-state index contributed by atoms with van der Waals surface area (Å²) in [5.74, 6) is -1.55. The molecule has 16 heavy (non-hydrogen) atoms. The molecule has 7 heteroatoms. The number of carbonyl (C=O) groups is 1. The van der Waals surface area contributed by atoms with Gasteiger partial charge in [0.2, 0.25) is 5.78 Å². The average Bonchev–Trinajstić information content (AvgIpc) is 2.16. The lowest BCUT2D eigenvalue weighted by Gasteiger charge is -2.15. The Balaban J connectivity index is 3.18. The SMILES string of the molecule is CS(=O)(=O)C(Cl)(Cl)C(=O)c1ccc(F)cc1. The molecule has 0 amide bonds. The number of halogens is 3. The van der Waals surface area contributed by atoms with Crippen LogP contribution in [-0.2, 0) is 9.84 Å². The van der Waals surface area contributed by atoms with Crippen molar-refractivity contribution in [1.29, 1.82) is 0 Å². The van der Waals surface area contributed by atoms with Crippen molar-refractivity contribution < 1.29 is 17.6 Å². The van der Waals surface area contributed by atoms with Gasteiger partial charge in [0, 0.05) is 11.8 Å². The van der Waals surface area contributed by atoms with Crippen molar-refractivity contribution in [3.05, 3.63) is 35.6 Å². The van der Waals surface area contributed by atoms with Crippen LogP contribution in [0.15, 0.2) is 24.3 Å². The summed E-state index contributed by atoms with van der Waals surface area (Å²) in [6.45, 7) is 0. The lowest BCUT2D eigenvalue weighted by atomic mass is 10.1. The second-order valence-electron chi connectivity index (χ2n) is 3.12.